The average molecular weight is 371 g/mol. The Morgan fingerprint density at radius 2 is 1.52 bits per heavy atom. The molecule has 2 nitrogen and oxygen atoms in total. The summed E-state index contributed by atoms with van der Waals surface area (Å²) in [6, 6.07) is 12.4. The number of nitrogens with zero attached hydrogens (tertiary/aromatic N) is 1. The van der Waals surface area contributed by atoms with Gasteiger partial charge in [0.25, 0.3) is 0 Å². The highest BCUT2D eigenvalue weighted by Crippen LogP contribution is 2.36. The van der Waals surface area contributed by atoms with Gasteiger partial charge in [-0.2, -0.15) is 0 Å². The first-order chi connectivity index (χ1) is 13.1. The van der Waals surface area contributed by atoms with Gasteiger partial charge in [-0.25, -0.2) is 0 Å². The first-order valence-corrected chi connectivity index (χ1v) is 11.7. The summed E-state index contributed by atoms with van der Waals surface area (Å²) in [6.07, 6.45) is 13.7. The van der Waals surface area contributed by atoms with Crippen molar-refractivity contribution in [2.75, 3.05) is 6.54 Å². The van der Waals surface area contributed by atoms with Crippen LogP contribution in [-0.4, -0.2) is 23.5 Å². The fourth-order valence-corrected chi connectivity index (χ4v) is 5.33. The number of rotatable bonds is 8. The van der Waals surface area contributed by atoms with Gasteiger partial charge in [0.1, 0.15) is 0 Å². The molecule has 0 saturated heterocycles. The highest BCUT2D eigenvalue weighted by atomic mass is 15.2. The highest BCUT2D eigenvalue weighted by molar-refractivity contribution is 5.14. The third-order valence-corrected chi connectivity index (χ3v) is 7.36. The average Bonchev–Trinajstić information content (AvgIpc) is 2.70. The fourth-order valence-electron chi connectivity index (χ4n) is 5.33. The molecule has 0 amide bonds. The zero-order chi connectivity index (χ0) is 19.1. The predicted molar refractivity (Wildman–Crippen MR) is 117 cm³/mol. The van der Waals surface area contributed by atoms with Gasteiger partial charge in [0.2, 0.25) is 0 Å². The molecule has 27 heavy (non-hydrogen) atoms. The Kier molecular flexibility index (Phi) is 8.21. The van der Waals surface area contributed by atoms with Crippen molar-refractivity contribution >= 4 is 0 Å². The minimum absolute atomic E-state index is 0.490. The van der Waals surface area contributed by atoms with E-state index >= 15 is 0 Å². The summed E-state index contributed by atoms with van der Waals surface area (Å²) in [6.45, 7) is 7.12. The molecular weight excluding hydrogens is 328 g/mol. The van der Waals surface area contributed by atoms with Crippen molar-refractivity contribution in [1.29, 1.82) is 0 Å². The Labute approximate surface area is 167 Å². The Bertz CT molecular complexity index is 512. The van der Waals surface area contributed by atoms with Crippen molar-refractivity contribution in [2.24, 2.45) is 23.5 Å². The summed E-state index contributed by atoms with van der Waals surface area (Å²) in [5, 5.41) is 0. The zero-order valence-electron chi connectivity index (χ0n) is 17.8. The molecule has 3 rings (SSSR count). The van der Waals surface area contributed by atoms with Crippen LogP contribution in [0.25, 0.3) is 0 Å². The summed E-state index contributed by atoms with van der Waals surface area (Å²) in [7, 11) is 0. The fraction of sp³-hybridized carbons (Fsp3) is 0.760. The topological polar surface area (TPSA) is 29.3 Å². The van der Waals surface area contributed by atoms with E-state index < -0.39 is 0 Å². The molecule has 0 aliphatic heterocycles. The van der Waals surface area contributed by atoms with Crippen molar-refractivity contribution in [2.45, 2.75) is 96.7 Å². The van der Waals surface area contributed by atoms with E-state index in [2.05, 4.69) is 49.1 Å². The molecule has 0 radical (unpaired) electrons. The molecule has 1 aromatic rings. The molecule has 152 valence electrons. The molecule has 2 aliphatic rings. The van der Waals surface area contributed by atoms with Crippen LogP contribution in [0.15, 0.2) is 30.3 Å². The Balaban J connectivity index is 1.50. The Morgan fingerprint density at radius 3 is 2.11 bits per heavy atom. The lowest BCUT2D eigenvalue weighted by atomic mass is 9.75. The van der Waals surface area contributed by atoms with E-state index in [0.717, 1.165) is 30.3 Å². The minimum atomic E-state index is 0.490. The quantitative estimate of drug-likeness (QED) is 0.608. The van der Waals surface area contributed by atoms with Gasteiger partial charge in [-0.1, -0.05) is 50.6 Å². The van der Waals surface area contributed by atoms with Crippen molar-refractivity contribution < 1.29 is 0 Å². The third kappa shape index (κ3) is 6.61. The van der Waals surface area contributed by atoms with Gasteiger partial charge in [-0.3, -0.25) is 4.90 Å². The minimum Gasteiger partial charge on any atom is -0.328 e. The zero-order valence-corrected chi connectivity index (χ0v) is 17.8. The van der Waals surface area contributed by atoms with Gasteiger partial charge in [-0.15, -0.1) is 0 Å². The molecular formula is C25H42N2. The molecule has 2 saturated carbocycles. The first kappa shape index (κ1) is 20.9. The second-order valence-electron chi connectivity index (χ2n) is 9.62. The van der Waals surface area contributed by atoms with Crippen molar-refractivity contribution in [3.63, 3.8) is 0 Å². The van der Waals surface area contributed by atoms with Gasteiger partial charge < -0.3 is 5.73 Å². The molecule has 1 aromatic carbocycles. The molecule has 1 unspecified atom stereocenters. The molecule has 0 aromatic heterocycles. The van der Waals surface area contributed by atoms with E-state index in [1.165, 1.54) is 76.3 Å². The summed E-state index contributed by atoms with van der Waals surface area (Å²) >= 11 is 0. The predicted octanol–water partition coefficient (Wildman–Crippen LogP) is 6.00. The second-order valence-corrected chi connectivity index (χ2v) is 9.62. The molecule has 2 N–H and O–H groups in total. The van der Waals surface area contributed by atoms with Crippen molar-refractivity contribution in [3.8, 4) is 0 Å². The largest absolute Gasteiger partial charge is 0.328 e. The van der Waals surface area contributed by atoms with Crippen LogP contribution in [0, 0.1) is 17.8 Å². The lowest BCUT2D eigenvalue weighted by Gasteiger charge is -2.39. The maximum atomic E-state index is 6.09. The van der Waals surface area contributed by atoms with Crippen molar-refractivity contribution in [3.05, 3.63) is 35.9 Å². The summed E-state index contributed by atoms with van der Waals surface area (Å²) in [5.74, 6) is 2.73. The SMILES string of the molecule is CCC(C)CN(Cc1ccccc1)C1CCC(CC2CCC(N)CC2)CC1. The van der Waals surface area contributed by atoms with Gasteiger partial charge in [0.05, 0.1) is 0 Å². The van der Waals surface area contributed by atoms with Crippen LogP contribution in [0.4, 0.5) is 0 Å². The summed E-state index contributed by atoms with van der Waals surface area (Å²) in [5.41, 5.74) is 7.56. The third-order valence-electron chi connectivity index (χ3n) is 7.36. The standard InChI is InChI=1S/C25H42N2/c1-3-20(2)18-27(19-23-7-5-4-6-8-23)25-15-11-22(12-16-25)17-21-9-13-24(26)14-10-21/h4-8,20-22,24-25H,3,9-19,26H2,1-2H3. The van der Waals surface area contributed by atoms with E-state index in [0.29, 0.717) is 6.04 Å². The maximum Gasteiger partial charge on any atom is 0.0236 e. The van der Waals surface area contributed by atoms with E-state index in [9.17, 15) is 0 Å². The molecule has 2 fully saturated rings. The Hall–Kier alpha value is -0.860. The van der Waals surface area contributed by atoms with Crippen LogP contribution >= 0.6 is 0 Å². The first-order valence-electron chi connectivity index (χ1n) is 11.7. The van der Waals surface area contributed by atoms with Crippen LogP contribution in [0.1, 0.15) is 83.6 Å². The monoisotopic (exact) mass is 370 g/mol. The van der Waals surface area contributed by atoms with E-state index in [-0.39, 0.29) is 0 Å². The van der Waals surface area contributed by atoms with Crippen molar-refractivity contribution in [1.82, 2.24) is 4.90 Å². The Morgan fingerprint density at radius 1 is 0.926 bits per heavy atom. The van der Waals surface area contributed by atoms with Gasteiger partial charge in [0.15, 0.2) is 0 Å². The number of hydrogen-bond acceptors (Lipinski definition) is 2. The lowest BCUT2D eigenvalue weighted by molar-refractivity contribution is 0.103. The van der Waals surface area contributed by atoms with Crippen LogP contribution in [-0.2, 0) is 6.54 Å². The summed E-state index contributed by atoms with van der Waals surface area (Å²) in [4.78, 5) is 2.80. The molecule has 0 heterocycles. The molecule has 0 bridgehead atoms. The highest BCUT2D eigenvalue weighted by Gasteiger charge is 2.29. The van der Waals surface area contributed by atoms with Crippen LogP contribution in [0.3, 0.4) is 0 Å². The second kappa shape index (κ2) is 10.6. The lowest BCUT2D eigenvalue weighted by Crippen LogP contribution is -2.40. The molecule has 2 heteroatoms. The van der Waals surface area contributed by atoms with Gasteiger partial charge in [0, 0.05) is 25.2 Å². The maximum absolute atomic E-state index is 6.09. The van der Waals surface area contributed by atoms with Crippen LogP contribution in [0.5, 0.6) is 0 Å². The van der Waals surface area contributed by atoms with E-state index in [4.69, 9.17) is 5.73 Å². The number of benzene rings is 1. The van der Waals surface area contributed by atoms with Crippen LogP contribution in [0.2, 0.25) is 0 Å². The van der Waals surface area contributed by atoms with Crippen LogP contribution < -0.4 is 5.73 Å². The smallest absolute Gasteiger partial charge is 0.0236 e. The van der Waals surface area contributed by atoms with Gasteiger partial charge in [-0.05, 0) is 81.1 Å². The van der Waals surface area contributed by atoms with E-state index in [1.54, 1.807) is 0 Å². The molecule has 0 spiro atoms. The van der Waals surface area contributed by atoms with E-state index in [1.807, 2.05) is 0 Å². The molecule has 1 atom stereocenters. The normalized spacial score (nSPS) is 30.4. The molecule has 2 aliphatic carbocycles. The number of hydrogen-bond donors (Lipinski definition) is 1. The van der Waals surface area contributed by atoms with Gasteiger partial charge >= 0.3 is 0 Å². The summed E-state index contributed by atoms with van der Waals surface area (Å²) < 4.78 is 0. The number of nitrogens with two attached hydrogens (primary N) is 1.